The van der Waals surface area contributed by atoms with Gasteiger partial charge in [-0.2, -0.15) is 0 Å². The summed E-state index contributed by atoms with van der Waals surface area (Å²) in [6.45, 7) is 1.82. The number of piperidine rings is 1. The third kappa shape index (κ3) is 6.85. The molecular weight excluding hydrogens is 284 g/mol. The zero-order valence-electron chi connectivity index (χ0n) is 11.7. The number of carboxylic acid groups (broad SMARTS) is 1. The molecule has 116 valence electrons. The molecule has 0 aromatic carbocycles. The lowest BCUT2D eigenvalue weighted by atomic mass is 10.1. The molecule has 0 aromatic heterocycles. The van der Waals surface area contributed by atoms with Crippen molar-refractivity contribution in [3.8, 4) is 0 Å². The van der Waals surface area contributed by atoms with Crippen molar-refractivity contribution >= 4 is 22.8 Å². The van der Waals surface area contributed by atoms with E-state index < -0.39 is 16.8 Å². The van der Waals surface area contributed by atoms with Crippen LogP contribution in [0.1, 0.15) is 19.3 Å². The molecule has 1 rings (SSSR count). The van der Waals surface area contributed by atoms with Crippen LogP contribution < -0.4 is 5.32 Å². The minimum Gasteiger partial charge on any atom is -0.481 e. The van der Waals surface area contributed by atoms with Crippen LogP contribution in [0.3, 0.4) is 0 Å². The van der Waals surface area contributed by atoms with E-state index in [0.29, 0.717) is 38.2 Å². The van der Waals surface area contributed by atoms with Gasteiger partial charge in [0.2, 0.25) is 0 Å². The standard InChI is InChI=1S/C12H22N2O5S/c1-20(18)9-5-13-12(17)14-6-2-10(3-7-14)19-8-4-11(15)16/h10H,2-9H2,1H3,(H,13,17)(H,15,16). The van der Waals surface area contributed by atoms with Gasteiger partial charge in [-0.05, 0) is 12.8 Å². The molecule has 0 spiro atoms. The summed E-state index contributed by atoms with van der Waals surface area (Å²) in [5.74, 6) is -0.407. The van der Waals surface area contributed by atoms with Crippen LogP contribution in [0, 0.1) is 0 Å². The van der Waals surface area contributed by atoms with Crippen molar-refractivity contribution < 1.29 is 23.6 Å². The number of aliphatic carboxylic acids is 1. The number of nitrogens with one attached hydrogen (secondary N) is 1. The average molecular weight is 306 g/mol. The van der Waals surface area contributed by atoms with Crippen molar-refractivity contribution in [3.05, 3.63) is 0 Å². The summed E-state index contributed by atoms with van der Waals surface area (Å²) < 4.78 is 16.3. The van der Waals surface area contributed by atoms with Crippen LogP contribution in [-0.2, 0) is 20.3 Å². The van der Waals surface area contributed by atoms with E-state index in [9.17, 15) is 13.8 Å². The highest BCUT2D eigenvalue weighted by molar-refractivity contribution is 7.84. The summed E-state index contributed by atoms with van der Waals surface area (Å²) in [4.78, 5) is 23.9. The molecule has 0 aromatic rings. The fraction of sp³-hybridized carbons (Fsp3) is 0.833. The highest BCUT2D eigenvalue weighted by Crippen LogP contribution is 2.13. The van der Waals surface area contributed by atoms with Gasteiger partial charge in [0.05, 0.1) is 19.1 Å². The SMILES string of the molecule is CS(=O)CCNC(=O)N1CCC(OCCC(=O)O)CC1. The predicted octanol–water partition coefficient (Wildman–Crippen LogP) is 0.0302. The molecule has 7 nitrogen and oxygen atoms in total. The zero-order valence-corrected chi connectivity index (χ0v) is 12.5. The highest BCUT2D eigenvalue weighted by Gasteiger charge is 2.23. The smallest absolute Gasteiger partial charge is 0.317 e. The lowest BCUT2D eigenvalue weighted by molar-refractivity contribution is -0.138. The van der Waals surface area contributed by atoms with Gasteiger partial charge in [-0.3, -0.25) is 9.00 Å². The number of hydrogen-bond acceptors (Lipinski definition) is 4. The number of ether oxygens (including phenoxy) is 1. The van der Waals surface area contributed by atoms with Crippen LogP contribution >= 0.6 is 0 Å². The number of nitrogens with zero attached hydrogens (tertiary/aromatic N) is 1. The van der Waals surface area contributed by atoms with Crippen molar-refractivity contribution in [2.24, 2.45) is 0 Å². The second-order valence-electron chi connectivity index (χ2n) is 4.71. The van der Waals surface area contributed by atoms with Crippen LogP contribution in [0.4, 0.5) is 4.79 Å². The number of rotatable bonds is 7. The zero-order chi connectivity index (χ0) is 15.0. The Kier molecular flexibility index (Phi) is 7.53. The first-order chi connectivity index (χ1) is 9.49. The Balaban J connectivity index is 2.16. The van der Waals surface area contributed by atoms with E-state index in [1.807, 2.05) is 0 Å². The number of hydrogen-bond donors (Lipinski definition) is 2. The Bertz CT molecular complexity index is 356. The molecule has 2 N–H and O–H groups in total. The van der Waals surface area contributed by atoms with E-state index in [1.54, 1.807) is 11.2 Å². The summed E-state index contributed by atoms with van der Waals surface area (Å²) in [6, 6.07) is -0.139. The van der Waals surface area contributed by atoms with Crippen molar-refractivity contribution in [3.63, 3.8) is 0 Å². The van der Waals surface area contributed by atoms with Crippen molar-refractivity contribution in [1.29, 1.82) is 0 Å². The van der Waals surface area contributed by atoms with Gasteiger partial charge in [-0.15, -0.1) is 0 Å². The van der Waals surface area contributed by atoms with Gasteiger partial charge >= 0.3 is 12.0 Å². The average Bonchev–Trinajstić information content (AvgIpc) is 2.38. The number of urea groups is 1. The molecule has 1 unspecified atom stereocenters. The highest BCUT2D eigenvalue weighted by atomic mass is 32.2. The quantitative estimate of drug-likeness (QED) is 0.692. The molecular formula is C12H22N2O5S. The maximum Gasteiger partial charge on any atom is 0.317 e. The van der Waals surface area contributed by atoms with E-state index in [4.69, 9.17) is 9.84 Å². The molecule has 2 amide bonds. The van der Waals surface area contributed by atoms with Gasteiger partial charge in [0.25, 0.3) is 0 Å². The Morgan fingerprint density at radius 2 is 2.05 bits per heavy atom. The van der Waals surface area contributed by atoms with Crippen molar-refractivity contribution in [1.82, 2.24) is 10.2 Å². The van der Waals surface area contributed by atoms with Crippen LogP contribution in [-0.4, -0.2) is 70.6 Å². The fourth-order valence-electron chi connectivity index (χ4n) is 1.95. The first-order valence-electron chi connectivity index (χ1n) is 6.65. The van der Waals surface area contributed by atoms with Gasteiger partial charge in [0, 0.05) is 42.4 Å². The topological polar surface area (TPSA) is 95.9 Å². The third-order valence-electron chi connectivity index (χ3n) is 3.06. The van der Waals surface area contributed by atoms with Gasteiger partial charge in [-0.1, -0.05) is 0 Å². The first-order valence-corrected chi connectivity index (χ1v) is 8.38. The van der Waals surface area contributed by atoms with E-state index in [0.717, 1.165) is 0 Å². The monoisotopic (exact) mass is 306 g/mol. The second-order valence-corrected chi connectivity index (χ2v) is 6.26. The summed E-state index contributed by atoms with van der Waals surface area (Å²) in [5.41, 5.74) is 0. The molecule has 20 heavy (non-hydrogen) atoms. The Hall–Kier alpha value is -1.15. The van der Waals surface area contributed by atoms with E-state index >= 15 is 0 Å². The van der Waals surface area contributed by atoms with Crippen molar-refractivity contribution in [2.45, 2.75) is 25.4 Å². The summed E-state index contributed by atoms with van der Waals surface area (Å²) in [7, 11) is -0.902. The van der Waals surface area contributed by atoms with Crippen molar-refractivity contribution in [2.75, 3.05) is 38.2 Å². The minimum atomic E-state index is -0.902. The van der Waals surface area contributed by atoms with E-state index in [2.05, 4.69) is 5.32 Å². The Labute approximate surface area is 121 Å². The fourth-order valence-corrected chi connectivity index (χ4v) is 2.34. The summed E-state index contributed by atoms with van der Waals surface area (Å²) in [6.07, 6.45) is 3.07. The van der Waals surface area contributed by atoms with E-state index in [1.165, 1.54) is 0 Å². The molecule has 1 atom stereocenters. The molecule has 1 aliphatic heterocycles. The maximum atomic E-state index is 11.8. The van der Waals surface area contributed by atoms with Crippen LogP contribution in [0.25, 0.3) is 0 Å². The van der Waals surface area contributed by atoms with Crippen LogP contribution in [0.15, 0.2) is 0 Å². The molecule has 0 aliphatic carbocycles. The largest absolute Gasteiger partial charge is 0.481 e. The lowest BCUT2D eigenvalue weighted by Gasteiger charge is -2.31. The lowest BCUT2D eigenvalue weighted by Crippen LogP contribution is -2.46. The van der Waals surface area contributed by atoms with Gasteiger partial charge in [0.15, 0.2) is 0 Å². The number of carboxylic acids is 1. The normalized spacial score (nSPS) is 17.8. The maximum absolute atomic E-state index is 11.8. The molecule has 1 saturated heterocycles. The number of likely N-dealkylation sites (tertiary alicyclic amines) is 1. The summed E-state index contributed by atoms with van der Waals surface area (Å²) in [5, 5.41) is 11.2. The Morgan fingerprint density at radius 3 is 2.60 bits per heavy atom. The molecule has 1 fully saturated rings. The molecule has 0 saturated carbocycles. The third-order valence-corrected chi connectivity index (χ3v) is 3.84. The van der Waals surface area contributed by atoms with Gasteiger partial charge in [-0.25, -0.2) is 4.79 Å². The number of carbonyl (C=O) groups excluding carboxylic acids is 1. The van der Waals surface area contributed by atoms with Gasteiger partial charge < -0.3 is 20.1 Å². The molecule has 0 bridgehead atoms. The molecule has 0 radical (unpaired) electrons. The van der Waals surface area contributed by atoms with Crippen LogP contribution in [0.5, 0.6) is 0 Å². The number of amides is 2. The second kappa shape index (κ2) is 8.91. The van der Waals surface area contributed by atoms with Gasteiger partial charge in [0.1, 0.15) is 0 Å². The Morgan fingerprint density at radius 1 is 1.40 bits per heavy atom. The first kappa shape index (κ1) is 16.9. The minimum absolute atomic E-state index is 0.00879. The van der Waals surface area contributed by atoms with E-state index in [-0.39, 0.29) is 25.2 Å². The number of carbonyl (C=O) groups is 2. The van der Waals surface area contributed by atoms with Crippen LogP contribution in [0.2, 0.25) is 0 Å². The summed E-state index contributed by atoms with van der Waals surface area (Å²) >= 11 is 0. The molecule has 1 aliphatic rings. The molecule has 8 heteroatoms. The molecule has 1 heterocycles. The predicted molar refractivity (Wildman–Crippen MR) is 75.1 cm³/mol.